The van der Waals surface area contributed by atoms with Gasteiger partial charge in [0.15, 0.2) is 5.01 Å². The van der Waals surface area contributed by atoms with E-state index >= 15 is 0 Å². The number of aromatic nitrogens is 2. The zero-order chi connectivity index (χ0) is 36.2. The maximum Gasteiger partial charge on any atom is 0.415 e. The van der Waals surface area contributed by atoms with Crippen LogP contribution in [0.15, 0.2) is 30.3 Å². The molecule has 0 spiro atoms. The molecule has 4 rings (SSSR count). The van der Waals surface area contributed by atoms with Crippen molar-refractivity contribution in [2.75, 3.05) is 26.7 Å². The maximum atomic E-state index is 13.4. The highest BCUT2D eigenvalue weighted by molar-refractivity contribution is 7.19. The molecule has 0 aliphatic rings. The minimum absolute atomic E-state index is 0.0112. The summed E-state index contributed by atoms with van der Waals surface area (Å²) in [6.45, 7) is 12.9. The molecule has 4 aromatic rings. The van der Waals surface area contributed by atoms with Gasteiger partial charge in [0.25, 0.3) is 0 Å². The second-order valence-electron chi connectivity index (χ2n) is 12.1. The summed E-state index contributed by atoms with van der Waals surface area (Å²) in [5, 5.41) is 50.7. The third-order valence-electron chi connectivity index (χ3n) is 8.04. The molecule has 0 aliphatic carbocycles. The SMILES string of the molecule is C=c1c(C)c(O)c(=C)c(C(C)(C)CC(=O)N(C)CCN(CCCC(=O)On2c(O)ccc2O)C(=O)Oc2ccc3nc(C#N)sc3c2)c1O. The lowest BCUT2D eigenvalue weighted by molar-refractivity contribution is -0.145. The smallest absolute Gasteiger partial charge is 0.415 e. The number of nitrogens with zero attached hydrogens (tertiary/aromatic N) is 5. The van der Waals surface area contributed by atoms with Gasteiger partial charge in [0.1, 0.15) is 23.3 Å². The summed E-state index contributed by atoms with van der Waals surface area (Å²) >= 11 is 1.14. The van der Waals surface area contributed by atoms with E-state index in [-0.39, 0.29) is 77.5 Å². The van der Waals surface area contributed by atoms with Crippen molar-refractivity contribution in [1.29, 1.82) is 5.26 Å². The van der Waals surface area contributed by atoms with E-state index in [0.717, 1.165) is 23.5 Å². The Labute approximate surface area is 285 Å². The molecule has 0 radical (unpaired) electrons. The van der Waals surface area contributed by atoms with E-state index < -0.39 is 29.2 Å². The number of nitriles is 1. The molecule has 0 aliphatic heterocycles. The molecule has 0 atom stereocenters. The molecule has 0 unspecified atom stereocenters. The van der Waals surface area contributed by atoms with Crippen LogP contribution >= 0.6 is 11.3 Å². The number of phenols is 2. The third kappa shape index (κ3) is 8.04. The van der Waals surface area contributed by atoms with Crippen LogP contribution in [-0.4, -0.2) is 84.6 Å². The Kier molecular flexibility index (Phi) is 10.7. The van der Waals surface area contributed by atoms with E-state index in [1.54, 1.807) is 40.0 Å². The molecular formula is C34H37N5O9S. The first-order chi connectivity index (χ1) is 23.0. The van der Waals surface area contributed by atoms with Crippen molar-refractivity contribution in [2.45, 2.75) is 45.4 Å². The van der Waals surface area contributed by atoms with Crippen LogP contribution in [0, 0.1) is 18.3 Å². The standard InChI is InChI=1S/C34H37N5O9S/c1-19-20(2)32(45)30(21(3)31(19)44)34(4,5)17-28(42)37(6)14-15-38(13-7-8-29(43)48-39-26(40)11-12-27(39)41)33(46)47-22-9-10-23-24(16-22)49-25(18-35)36-23/h9-12,16,40-41,44-45H,2-3,7-8,13-15,17H2,1,4-6H3. The summed E-state index contributed by atoms with van der Waals surface area (Å²) in [5.74, 6) is -2.09. The summed E-state index contributed by atoms with van der Waals surface area (Å²) in [5.41, 5.74) is 0.324. The highest BCUT2D eigenvalue weighted by Gasteiger charge is 2.31. The fraction of sp³-hybridized carbons (Fsp3) is 0.324. The van der Waals surface area contributed by atoms with E-state index in [0.29, 0.717) is 26.1 Å². The van der Waals surface area contributed by atoms with Crippen molar-refractivity contribution in [3.05, 3.63) is 56.9 Å². The lowest BCUT2D eigenvalue weighted by atomic mass is 9.78. The molecule has 2 amide bonds. The number of hydrogen-bond acceptors (Lipinski definition) is 12. The first kappa shape index (κ1) is 36.1. The van der Waals surface area contributed by atoms with Gasteiger partial charge in [0, 0.05) is 84.7 Å². The minimum atomic E-state index is -0.952. The number of thiazole rings is 1. The van der Waals surface area contributed by atoms with Crippen molar-refractivity contribution in [3.63, 3.8) is 0 Å². The maximum absolute atomic E-state index is 13.4. The van der Waals surface area contributed by atoms with Crippen LogP contribution in [0.4, 0.5) is 4.79 Å². The lowest BCUT2D eigenvalue weighted by Crippen LogP contribution is -2.43. The molecule has 14 nitrogen and oxygen atoms in total. The largest absolute Gasteiger partial charge is 0.507 e. The second kappa shape index (κ2) is 14.6. The number of aromatic hydroxyl groups is 4. The number of fused-ring (bicyclic) bond motifs is 1. The Hall–Kier alpha value is -5.75. The van der Waals surface area contributed by atoms with Crippen molar-refractivity contribution in [2.24, 2.45) is 0 Å². The molecule has 0 saturated heterocycles. The van der Waals surface area contributed by atoms with Gasteiger partial charge >= 0.3 is 12.1 Å². The molecular weight excluding hydrogens is 654 g/mol. The molecule has 4 N–H and O–H groups in total. The number of carbonyl (C=O) groups is 3. The number of amides is 2. The van der Waals surface area contributed by atoms with Crippen LogP contribution in [0.1, 0.15) is 49.2 Å². The van der Waals surface area contributed by atoms with Gasteiger partial charge < -0.3 is 39.8 Å². The Morgan fingerprint density at radius 3 is 2.35 bits per heavy atom. The fourth-order valence-electron chi connectivity index (χ4n) is 5.22. The van der Waals surface area contributed by atoms with Gasteiger partial charge in [-0.1, -0.05) is 27.0 Å². The van der Waals surface area contributed by atoms with Crippen molar-refractivity contribution >= 4 is 52.7 Å². The number of carbonyl (C=O) groups excluding carboxylic acids is 3. The molecule has 2 heterocycles. The van der Waals surface area contributed by atoms with Crippen LogP contribution in [0.3, 0.4) is 0 Å². The monoisotopic (exact) mass is 691 g/mol. The third-order valence-corrected chi connectivity index (χ3v) is 8.96. The number of likely N-dealkylation sites (N-methyl/N-ethyl adjacent to an activating group) is 1. The lowest BCUT2D eigenvalue weighted by Gasteiger charge is -2.30. The van der Waals surface area contributed by atoms with Gasteiger partial charge in [-0.2, -0.15) is 5.26 Å². The normalized spacial score (nSPS) is 11.2. The molecule has 2 aromatic carbocycles. The molecule has 0 bridgehead atoms. The average Bonchev–Trinajstić information content (AvgIpc) is 3.61. The minimum Gasteiger partial charge on any atom is -0.507 e. The Bertz CT molecular complexity index is 2040. The summed E-state index contributed by atoms with van der Waals surface area (Å²) in [4.78, 5) is 51.1. The van der Waals surface area contributed by atoms with Gasteiger partial charge in [-0.05, 0) is 25.5 Å². The predicted octanol–water partition coefficient (Wildman–Crippen LogP) is 2.98. The van der Waals surface area contributed by atoms with Gasteiger partial charge in [-0.25, -0.2) is 14.6 Å². The average molecular weight is 692 g/mol. The van der Waals surface area contributed by atoms with E-state index in [4.69, 9.17) is 14.8 Å². The Balaban J connectivity index is 1.46. The topological polar surface area (TPSA) is 199 Å². The van der Waals surface area contributed by atoms with E-state index in [1.165, 1.54) is 15.9 Å². The Morgan fingerprint density at radius 2 is 1.69 bits per heavy atom. The van der Waals surface area contributed by atoms with Crippen molar-refractivity contribution in [3.8, 4) is 35.1 Å². The zero-order valence-corrected chi connectivity index (χ0v) is 28.3. The summed E-state index contributed by atoms with van der Waals surface area (Å²) in [6, 6.07) is 9.02. The van der Waals surface area contributed by atoms with Crippen LogP contribution in [-0.2, 0) is 15.0 Å². The number of benzene rings is 2. The Morgan fingerprint density at radius 1 is 1.02 bits per heavy atom. The number of phenolic OH excluding ortho intramolecular Hbond substituents is 2. The molecule has 258 valence electrons. The number of ether oxygens (including phenoxy) is 1. The van der Waals surface area contributed by atoms with Crippen LogP contribution in [0.2, 0.25) is 0 Å². The summed E-state index contributed by atoms with van der Waals surface area (Å²) in [6.07, 6.45) is -0.917. The van der Waals surface area contributed by atoms with Crippen molar-refractivity contribution < 1.29 is 44.4 Å². The molecule has 2 aromatic heterocycles. The van der Waals surface area contributed by atoms with Gasteiger partial charge in [0.05, 0.1) is 10.2 Å². The van der Waals surface area contributed by atoms with E-state index in [2.05, 4.69) is 18.1 Å². The first-order valence-corrected chi connectivity index (χ1v) is 15.9. The van der Waals surface area contributed by atoms with E-state index in [9.17, 15) is 34.8 Å². The molecule has 0 fully saturated rings. The summed E-state index contributed by atoms with van der Waals surface area (Å²) in [7, 11) is 1.56. The highest BCUT2D eigenvalue weighted by atomic mass is 32.1. The molecule has 15 heteroatoms. The van der Waals surface area contributed by atoms with E-state index in [1.807, 2.05) is 6.07 Å². The van der Waals surface area contributed by atoms with Crippen LogP contribution in [0.25, 0.3) is 23.4 Å². The quantitative estimate of drug-likeness (QED) is 0.159. The predicted molar refractivity (Wildman–Crippen MR) is 181 cm³/mol. The van der Waals surface area contributed by atoms with Gasteiger partial charge in [0.2, 0.25) is 17.7 Å². The van der Waals surface area contributed by atoms with Crippen LogP contribution < -0.4 is 20.0 Å². The second-order valence-corrected chi connectivity index (χ2v) is 13.1. The summed E-state index contributed by atoms with van der Waals surface area (Å²) < 4.78 is 6.83. The molecule has 0 saturated carbocycles. The highest BCUT2D eigenvalue weighted by Crippen LogP contribution is 2.32. The number of hydrogen-bond donors (Lipinski definition) is 4. The fourth-order valence-corrected chi connectivity index (χ4v) is 6.01. The zero-order valence-electron chi connectivity index (χ0n) is 27.5. The van der Waals surface area contributed by atoms with Crippen LogP contribution in [0.5, 0.6) is 29.0 Å². The van der Waals surface area contributed by atoms with Gasteiger partial charge in [-0.15, -0.1) is 16.1 Å². The number of rotatable bonds is 12. The molecule has 49 heavy (non-hydrogen) atoms. The van der Waals surface area contributed by atoms with Gasteiger partial charge in [-0.3, -0.25) is 4.79 Å². The van der Waals surface area contributed by atoms with Crippen molar-refractivity contribution in [1.82, 2.24) is 19.5 Å². The first-order valence-electron chi connectivity index (χ1n) is 15.1.